The highest BCUT2D eigenvalue weighted by molar-refractivity contribution is 7.91. The van der Waals surface area contributed by atoms with E-state index in [0.29, 0.717) is 13.0 Å². The first-order valence-electron chi connectivity index (χ1n) is 7.43. The molecular formula is C16H23NO3S. The van der Waals surface area contributed by atoms with Crippen molar-refractivity contribution in [1.29, 1.82) is 0 Å². The van der Waals surface area contributed by atoms with E-state index in [4.69, 9.17) is 4.74 Å². The van der Waals surface area contributed by atoms with Gasteiger partial charge in [-0.3, -0.25) is 0 Å². The molecular weight excluding hydrogens is 286 g/mol. The molecule has 1 atom stereocenters. The Morgan fingerprint density at radius 3 is 2.71 bits per heavy atom. The molecule has 1 aromatic carbocycles. The van der Waals surface area contributed by atoms with E-state index < -0.39 is 9.84 Å². The molecule has 0 amide bonds. The third-order valence-electron chi connectivity index (χ3n) is 4.38. The molecule has 1 aromatic rings. The van der Waals surface area contributed by atoms with E-state index >= 15 is 0 Å². The highest BCUT2D eigenvalue weighted by Gasteiger charge is 2.38. The number of para-hydroxylation sites is 1. The molecule has 1 saturated heterocycles. The standard InChI is InChI=1S/C16H23NO3S/c1-15(2)9-12-5-4-6-13(14(12)20-15)10-17-16(3)7-8-21(18,19)11-16/h4-6,17H,7-11H2,1-3H3. The summed E-state index contributed by atoms with van der Waals surface area (Å²) >= 11 is 0. The molecule has 0 bridgehead atoms. The number of hydrogen-bond acceptors (Lipinski definition) is 4. The number of benzene rings is 1. The second kappa shape index (κ2) is 4.71. The predicted octanol–water partition coefficient (Wildman–Crippen LogP) is 2.07. The van der Waals surface area contributed by atoms with Gasteiger partial charge in [-0.05, 0) is 32.8 Å². The Bertz CT molecular complexity index is 666. The molecule has 0 spiro atoms. The monoisotopic (exact) mass is 309 g/mol. The number of rotatable bonds is 3. The second-order valence-corrected chi connectivity index (χ2v) is 9.38. The molecule has 2 heterocycles. The second-order valence-electron chi connectivity index (χ2n) is 7.20. The minimum Gasteiger partial charge on any atom is -0.487 e. The van der Waals surface area contributed by atoms with Crippen LogP contribution in [0, 0.1) is 0 Å². The number of nitrogens with one attached hydrogen (secondary N) is 1. The quantitative estimate of drug-likeness (QED) is 0.928. The van der Waals surface area contributed by atoms with Gasteiger partial charge in [0.25, 0.3) is 0 Å². The fourth-order valence-corrected chi connectivity index (χ4v) is 5.40. The molecule has 2 aliphatic rings. The van der Waals surface area contributed by atoms with Gasteiger partial charge < -0.3 is 10.1 Å². The van der Waals surface area contributed by atoms with Crippen LogP contribution < -0.4 is 10.1 Å². The average Bonchev–Trinajstić information content (AvgIpc) is 2.82. The van der Waals surface area contributed by atoms with E-state index in [1.807, 2.05) is 13.0 Å². The van der Waals surface area contributed by atoms with Crippen molar-refractivity contribution in [3.05, 3.63) is 29.3 Å². The Morgan fingerprint density at radius 2 is 2.05 bits per heavy atom. The fourth-order valence-electron chi connectivity index (χ4n) is 3.28. The molecule has 0 radical (unpaired) electrons. The van der Waals surface area contributed by atoms with Crippen molar-refractivity contribution in [3.8, 4) is 5.75 Å². The van der Waals surface area contributed by atoms with Gasteiger partial charge in [-0.1, -0.05) is 18.2 Å². The first kappa shape index (κ1) is 14.9. The van der Waals surface area contributed by atoms with Crippen LogP contribution in [0.4, 0.5) is 0 Å². The van der Waals surface area contributed by atoms with Gasteiger partial charge in [0.15, 0.2) is 9.84 Å². The fraction of sp³-hybridized carbons (Fsp3) is 0.625. The summed E-state index contributed by atoms with van der Waals surface area (Å²) in [6.45, 7) is 6.82. The van der Waals surface area contributed by atoms with Crippen LogP contribution in [0.25, 0.3) is 0 Å². The van der Waals surface area contributed by atoms with Crippen LogP contribution in [0.3, 0.4) is 0 Å². The van der Waals surface area contributed by atoms with Gasteiger partial charge in [-0.2, -0.15) is 0 Å². The van der Waals surface area contributed by atoms with Gasteiger partial charge in [0.05, 0.1) is 11.5 Å². The normalized spacial score (nSPS) is 29.1. The lowest BCUT2D eigenvalue weighted by Crippen LogP contribution is -2.42. The first-order valence-corrected chi connectivity index (χ1v) is 9.26. The van der Waals surface area contributed by atoms with Crippen molar-refractivity contribution in [1.82, 2.24) is 5.32 Å². The third kappa shape index (κ3) is 3.09. The van der Waals surface area contributed by atoms with Gasteiger partial charge in [0.2, 0.25) is 0 Å². The summed E-state index contributed by atoms with van der Waals surface area (Å²) in [5.41, 5.74) is 1.88. The predicted molar refractivity (Wildman–Crippen MR) is 83.4 cm³/mol. The molecule has 1 unspecified atom stereocenters. The van der Waals surface area contributed by atoms with Crippen LogP contribution in [0.2, 0.25) is 0 Å². The minimum atomic E-state index is -2.88. The number of fused-ring (bicyclic) bond motifs is 1. The molecule has 5 heteroatoms. The van der Waals surface area contributed by atoms with Crippen molar-refractivity contribution in [3.63, 3.8) is 0 Å². The van der Waals surface area contributed by atoms with E-state index in [2.05, 4.69) is 31.3 Å². The zero-order valence-electron chi connectivity index (χ0n) is 12.9. The number of ether oxygens (including phenoxy) is 1. The summed E-state index contributed by atoms with van der Waals surface area (Å²) in [5.74, 6) is 1.48. The van der Waals surface area contributed by atoms with E-state index in [1.54, 1.807) is 0 Å². The summed E-state index contributed by atoms with van der Waals surface area (Å²) in [5, 5.41) is 3.43. The average molecular weight is 309 g/mol. The molecule has 0 saturated carbocycles. The highest BCUT2D eigenvalue weighted by Crippen LogP contribution is 2.37. The number of sulfone groups is 1. The topological polar surface area (TPSA) is 55.4 Å². The molecule has 21 heavy (non-hydrogen) atoms. The van der Waals surface area contributed by atoms with Gasteiger partial charge in [-0.25, -0.2) is 8.42 Å². The summed E-state index contributed by atoms with van der Waals surface area (Å²) in [4.78, 5) is 0. The molecule has 4 nitrogen and oxygen atoms in total. The van der Waals surface area contributed by atoms with E-state index in [-0.39, 0.29) is 22.6 Å². The lowest BCUT2D eigenvalue weighted by Gasteiger charge is -2.25. The maximum Gasteiger partial charge on any atom is 0.152 e. The number of hydrogen-bond donors (Lipinski definition) is 1. The van der Waals surface area contributed by atoms with Crippen LogP contribution >= 0.6 is 0 Å². The van der Waals surface area contributed by atoms with E-state index in [9.17, 15) is 8.42 Å². The lowest BCUT2D eigenvalue weighted by molar-refractivity contribution is 0.137. The minimum absolute atomic E-state index is 0.154. The Hall–Kier alpha value is -1.07. The molecule has 3 rings (SSSR count). The van der Waals surface area contributed by atoms with Gasteiger partial charge in [0.1, 0.15) is 11.4 Å². The summed E-state index contributed by atoms with van der Waals surface area (Å²) in [6.07, 6.45) is 1.60. The van der Waals surface area contributed by atoms with Crippen molar-refractivity contribution in [2.75, 3.05) is 11.5 Å². The van der Waals surface area contributed by atoms with Crippen LogP contribution in [0.5, 0.6) is 5.75 Å². The summed E-state index contributed by atoms with van der Waals surface area (Å²) < 4.78 is 29.4. The van der Waals surface area contributed by atoms with Gasteiger partial charge in [0, 0.05) is 24.1 Å². The SMILES string of the molecule is CC1(NCc2cccc3c2OC(C)(C)C3)CCS(=O)(=O)C1. The Balaban J connectivity index is 1.75. The first-order chi connectivity index (χ1) is 9.68. The zero-order valence-corrected chi connectivity index (χ0v) is 13.7. The van der Waals surface area contributed by atoms with Crippen LogP contribution in [0.1, 0.15) is 38.3 Å². The Labute approximate surface area is 126 Å². The van der Waals surface area contributed by atoms with Crippen LogP contribution in [-0.4, -0.2) is 31.1 Å². The third-order valence-corrected chi connectivity index (χ3v) is 6.28. The van der Waals surface area contributed by atoms with Crippen molar-refractivity contribution in [2.45, 2.75) is 51.3 Å². The maximum atomic E-state index is 11.7. The Morgan fingerprint density at radius 1 is 1.29 bits per heavy atom. The lowest BCUT2D eigenvalue weighted by atomic mass is 9.99. The molecule has 0 aromatic heterocycles. The van der Waals surface area contributed by atoms with Crippen molar-refractivity contribution < 1.29 is 13.2 Å². The maximum absolute atomic E-state index is 11.7. The van der Waals surface area contributed by atoms with Crippen LogP contribution in [-0.2, 0) is 22.8 Å². The van der Waals surface area contributed by atoms with Crippen LogP contribution in [0.15, 0.2) is 18.2 Å². The molecule has 116 valence electrons. The van der Waals surface area contributed by atoms with Crippen molar-refractivity contribution in [2.24, 2.45) is 0 Å². The largest absolute Gasteiger partial charge is 0.487 e. The molecule has 0 aliphatic carbocycles. The van der Waals surface area contributed by atoms with Crippen molar-refractivity contribution >= 4 is 9.84 Å². The molecule has 2 aliphatic heterocycles. The van der Waals surface area contributed by atoms with Gasteiger partial charge in [-0.15, -0.1) is 0 Å². The highest BCUT2D eigenvalue weighted by atomic mass is 32.2. The summed E-state index contributed by atoms with van der Waals surface area (Å²) in [6, 6.07) is 6.21. The Kier molecular flexibility index (Phi) is 3.33. The smallest absolute Gasteiger partial charge is 0.152 e. The van der Waals surface area contributed by atoms with Gasteiger partial charge >= 0.3 is 0 Å². The van der Waals surface area contributed by atoms with E-state index in [1.165, 1.54) is 5.56 Å². The summed E-state index contributed by atoms with van der Waals surface area (Å²) in [7, 11) is -2.88. The zero-order chi connectivity index (χ0) is 15.3. The van der Waals surface area contributed by atoms with E-state index in [0.717, 1.165) is 17.7 Å². The molecule has 1 N–H and O–H groups in total. The molecule has 1 fully saturated rings.